The lowest BCUT2D eigenvalue weighted by molar-refractivity contribution is -0.121. The van der Waals surface area contributed by atoms with Crippen LogP contribution in [0.4, 0.5) is 0 Å². The average Bonchev–Trinajstić information content (AvgIpc) is 2.03. The molecule has 4 heteroatoms. The van der Waals surface area contributed by atoms with Crippen molar-refractivity contribution < 1.29 is 9.53 Å². The van der Waals surface area contributed by atoms with Crippen LogP contribution in [0.25, 0.3) is 0 Å². The highest BCUT2D eigenvalue weighted by molar-refractivity contribution is 7.80. The zero-order valence-electron chi connectivity index (χ0n) is 6.96. The van der Waals surface area contributed by atoms with E-state index in [4.69, 9.17) is 4.74 Å². The molecule has 0 bridgehead atoms. The first-order valence-electron chi connectivity index (χ1n) is 3.63. The Balaban J connectivity index is 3.58. The van der Waals surface area contributed by atoms with Gasteiger partial charge in [-0.2, -0.15) is 12.6 Å². The van der Waals surface area contributed by atoms with E-state index in [1.165, 1.54) is 0 Å². The van der Waals surface area contributed by atoms with Crippen molar-refractivity contribution in [2.24, 2.45) is 0 Å². The van der Waals surface area contributed by atoms with Gasteiger partial charge in [-0.05, 0) is 0 Å². The summed E-state index contributed by atoms with van der Waals surface area (Å²) in [5, 5.41) is 2.78. The van der Waals surface area contributed by atoms with Crippen LogP contribution in [0.5, 0.6) is 0 Å². The van der Waals surface area contributed by atoms with E-state index in [2.05, 4.69) is 17.9 Å². The molecule has 0 aromatic rings. The number of rotatable bonds is 5. The standard InChI is InChI=1S/C7H15NO2S/c1-3-7(9)8-6(5-11)4-10-2/h6,11H,3-5H2,1-2H3,(H,8,9). The predicted molar refractivity (Wildman–Crippen MR) is 48.0 cm³/mol. The van der Waals surface area contributed by atoms with Crippen molar-refractivity contribution in [3.8, 4) is 0 Å². The van der Waals surface area contributed by atoms with Crippen LogP contribution in [0, 0.1) is 0 Å². The van der Waals surface area contributed by atoms with Crippen LogP contribution in [-0.2, 0) is 9.53 Å². The van der Waals surface area contributed by atoms with Crippen molar-refractivity contribution in [1.82, 2.24) is 5.32 Å². The molecule has 0 aliphatic rings. The second-order valence-electron chi connectivity index (χ2n) is 2.26. The topological polar surface area (TPSA) is 38.3 Å². The first kappa shape index (κ1) is 10.8. The summed E-state index contributed by atoms with van der Waals surface area (Å²) in [7, 11) is 1.61. The van der Waals surface area contributed by atoms with Gasteiger partial charge in [0.05, 0.1) is 12.6 Å². The molecule has 1 N–H and O–H groups in total. The number of carbonyl (C=O) groups excluding carboxylic acids is 1. The van der Waals surface area contributed by atoms with Crippen LogP contribution < -0.4 is 5.32 Å². The quantitative estimate of drug-likeness (QED) is 0.599. The molecule has 0 saturated heterocycles. The molecule has 0 rings (SSSR count). The molecule has 0 spiro atoms. The first-order valence-corrected chi connectivity index (χ1v) is 4.27. The Labute approximate surface area is 72.9 Å². The Bertz CT molecular complexity index is 119. The summed E-state index contributed by atoms with van der Waals surface area (Å²) in [6, 6.07) is 0.0378. The van der Waals surface area contributed by atoms with Gasteiger partial charge in [-0.25, -0.2) is 0 Å². The number of thiol groups is 1. The van der Waals surface area contributed by atoms with E-state index < -0.39 is 0 Å². The molecule has 0 saturated carbocycles. The molecule has 11 heavy (non-hydrogen) atoms. The molecular formula is C7H15NO2S. The SMILES string of the molecule is CCC(=O)NC(CS)COC. The van der Waals surface area contributed by atoms with Crippen molar-refractivity contribution in [3.05, 3.63) is 0 Å². The van der Waals surface area contributed by atoms with Crippen molar-refractivity contribution in [1.29, 1.82) is 0 Å². The van der Waals surface area contributed by atoms with Gasteiger partial charge in [-0.1, -0.05) is 6.92 Å². The predicted octanol–water partition coefficient (Wildman–Crippen LogP) is 0.457. The Morgan fingerprint density at radius 3 is 2.73 bits per heavy atom. The number of ether oxygens (including phenoxy) is 1. The monoisotopic (exact) mass is 177 g/mol. The lowest BCUT2D eigenvalue weighted by Crippen LogP contribution is -2.38. The molecule has 0 aliphatic heterocycles. The third kappa shape index (κ3) is 5.09. The summed E-state index contributed by atoms with van der Waals surface area (Å²) in [6.07, 6.45) is 0.508. The van der Waals surface area contributed by atoms with Crippen molar-refractivity contribution in [2.75, 3.05) is 19.5 Å². The van der Waals surface area contributed by atoms with Crippen molar-refractivity contribution in [2.45, 2.75) is 19.4 Å². The van der Waals surface area contributed by atoms with Crippen LogP contribution in [0.1, 0.15) is 13.3 Å². The van der Waals surface area contributed by atoms with E-state index in [-0.39, 0.29) is 11.9 Å². The molecule has 0 aliphatic carbocycles. The number of amides is 1. The van der Waals surface area contributed by atoms with E-state index in [1.54, 1.807) is 7.11 Å². The summed E-state index contributed by atoms with van der Waals surface area (Å²) in [6.45, 7) is 2.34. The molecule has 3 nitrogen and oxygen atoms in total. The maximum atomic E-state index is 10.9. The smallest absolute Gasteiger partial charge is 0.220 e. The molecule has 1 amide bonds. The fourth-order valence-corrected chi connectivity index (χ4v) is 0.868. The highest BCUT2D eigenvalue weighted by Crippen LogP contribution is 1.89. The number of carbonyl (C=O) groups is 1. The van der Waals surface area contributed by atoms with E-state index >= 15 is 0 Å². The molecule has 1 atom stereocenters. The summed E-state index contributed by atoms with van der Waals surface area (Å²) < 4.78 is 4.88. The molecule has 0 radical (unpaired) electrons. The van der Waals surface area contributed by atoms with E-state index in [0.717, 1.165) is 0 Å². The minimum atomic E-state index is 0.0378. The zero-order chi connectivity index (χ0) is 8.69. The van der Waals surface area contributed by atoms with Gasteiger partial charge in [0.1, 0.15) is 0 Å². The molecule has 66 valence electrons. The van der Waals surface area contributed by atoms with Gasteiger partial charge < -0.3 is 10.1 Å². The van der Waals surface area contributed by atoms with Gasteiger partial charge in [0.15, 0.2) is 0 Å². The summed E-state index contributed by atoms with van der Waals surface area (Å²) in [4.78, 5) is 10.9. The second kappa shape index (κ2) is 6.49. The summed E-state index contributed by atoms with van der Waals surface area (Å²) >= 11 is 4.07. The lowest BCUT2D eigenvalue weighted by atomic mass is 10.3. The first-order chi connectivity index (χ1) is 5.24. The van der Waals surface area contributed by atoms with Crippen molar-refractivity contribution in [3.63, 3.8) is 0 Å². The van der Waals surface area contributed by atoms with Crippen LogP contribution in [0.3, 0.4) is 0 Å². The number of hydrogen-bond acceptors (Lipinski definition) is 3. The van der Waals surface area contributed by atoms with Gasteiger partial charge in [0, 0.05) is 19.3 Å². The van der Waals surface area contributed by atoms with E-state index in [0.29, 0.717) is 18.8 Å². The highest BCUT2D eigenvalue weighted by atomic mass is 32.1. The number of nitrogens with one attached hydrogen (secondary N) is 1. The average molecular weight is 177 g/mol. The second-order valence-corrected chi connectivity index (χ2v) is 2.62. The van der Waals surface area contributed by atoms with Crippen LogP contribution >= 0.6 is 12.6 Å². The van der Waals surface area contributed by atoms with Gasteiger partial charge in [-0.3, -0.25) is 4.79 Å². The Kier molecular flexibility index (Phi) is 6.36. The van der Waals surface area contributed by atoms with Crippen LogP contribution in [0.15, 0.2) is 0 Å². The number of methoxy groups -OCH3 is 1. The maximum absolute atomic E-state index is 10.9. The Hall–Kier alpha value is -0.220. The van der Waals surface area contributed by atoms with Gasteiger partial charge in [0.25, 0.3) is 0 Å². The normalized spacial score (nSPS) is 12.6. The van der Waals surface area contributed by atoms with Crippen LogP contribution in [0.2, 0.25) is 0 Å². The zero-order valence-corrected chi connectivity index (χ0v) is 7.86. The van der Waals surface area contributed by atoms with Crippen LogP contribution in [-0.4, -0.2) is 31.4 Å². The highest BCUT2D eigenvalue weighted by Gasteiger charge is 2.07. The maximum Gasteiger partial charge on any atom is 0.220 e. The molecule has 0 aromatic carbocycles. The third-order valence-corrected chi connectivity index (χ3v) is 1.72. The molecule has 0 fully saturated rings. The minimum absolute atomic E-state index is 0.0378. The summed E-state index contributed by atoms with van der Waals surface area (Å²) in [5.41, 5.74) is 0. The molecule has 0 heterocycles. The molecule has 1 unspecified atom stereocenters. The van der Waals surface area contributed by atoms with Gasteiger partial charge in [-0.15, -0.1) is 0 Å². The van der Waals surface area contributed by atoms with Gasteiger partial charge in [0.2, 0.25) is 5.91 Å². The summed E-state index contributed by atoms with van der Waals surface area (Å²) in [5.74, 6) is 0.653. The van der Waals surface area contributed by atoms with Gasteiger partial charge >= 0.3 is 0 Å². The fraction of sp³-hybridized carbons (Fsp3) is 0.857. The minimum Gasteiger partial charge on any atom is -0.383 e. The Morgan fingerprint density at radius 1 is 1.73 bits per heavy atom. The largest absolute Gasteiger partial charge is 0.383 e. The third-order valence-electron chi connectivity index (χ3n) is 1.27. The van der Waals surface area contributed by atoms with E-state index in [9.17, 15) is 4.79 Å². The Morgan fingerprint density at radius 2 is 2.36 bits per heavy atom. The lowest BCUT2D eigenvalue weighted by Gasteiger charge is -2.14. The number of hydrogen-bond donors (Lipinski definition) is 2. The van der Waals surface area contributed by atoms with Crippen molar-refractivity contribution >= 4 is 18.5 Å². The van der Waals surface area contributed by atoms with E-state index in [1.807, 2.05) is 6.92 Å². The fourth-order valence-electron chi connectivity index (χ4n) is 0.671. The molecular weight excluding hydrogens is 162 g/mol. The molecule has 0 aromatic heterocycles.